The fraction of sp³-hybridized carbons (Fsp3) is 1.00. The van der Waals surface area contributed by atoms with Crippen LogP contribution in [-0.2, 0) is 9.47 Å². The minimum absolute atomic E-state index is 0.524. The van der Waals surface area contributed by atoms with Gasteiger partial charge in [0.2, 0.25) is 0 Å². The Labute approximate surface area is 99.1 Å². The van der Waals surface area contributed by atoms with E-state index in [0.29, 0.717) is 6.10 Å². The highest BCUT2D eigenvalue weighted by Crippen LogP contribution is 2.26. The van der Waals surface area contributed by atoms with E-state index in [1.54, 1.807) is 0 Å². The molecule has 0 aromatic heterocycles. The zero-order valence-electron chi connectivity index (χ0n) is 10.5. The van der Waals surface area contributed by atoms with Gasteiger partial charge in [-0.3, -0.25) is 4.90 Å². The maximum absolute atomic E-state index is 5.64. The number of ether oxygens (including phenoxy) is 2. The monoisotopic (exact) mass is 227 g/mol. The van der Waals surface area contributed by atoms with Gasteiger partial charge in [0.15, 0.2) is 0 Å². The van der Waals surface area contributed by atoms with Crippen LogP contribution in [-0.4, -0.2) is 50.0 Å². The van der Waals surface area contributed by atoms with Gasteiger partial charge < -0.3 is 9.47 Å². The van der Waals surface area contributed by atoms with Gasteiger partial charge in [-0.1, -0.05) is 19.8 Å². The van der Waals surface area contributed by atoms with Gasteiger partial charge in [-0.2, -0.15) is 0 Å². The number of hydrogen-bond donors (Lipinski definition) is 0. The molecular weight excluding hydrogens is 202 g/mol. The van der Waals surface area contributed by atoms with Crippen molar-refractivity contribution in [2.24, 2.45) is 0 Å². The summed E-state index contributed by atoms with van der Waals surface area (Å²) >= 11 is 0. The van der Waals surface area contributed by atoms with Crippen molar-refractivity contribution in [2.45, 2.75) is 51.2 Å². The fourth-order valence-corrected chi connectivity index (χ4v) is 2.14. The van der Waals surface area contributed by atoms with Gasteiger partial charge in [0.05, 0.1) is 19.3 Å². The van der Waals surface area contributed by atoms with Crippen LogP contribution >= 0.6 is 0 Å². The lowest BCUT2D eigenvalue weighted by molar-refractivity contribution is 0.0589. The Morgan fingerprint density at radius 2 is 2.12 bits per heavy atom. The molecule has 16 heavy (non-hydrogen) atoms. The molecule has 0 spiro atoms. The number of epoxide rings is 1. The summed E-state index contributed by atoms with van der Waals surface area (Å²) in [6.07, 6.45) is 7.10. The highest BCUT2D eigenvalue weighted by molar-refractivity contribution is 4.84. The van der Waals surface area contributed by atoms with Crippen molar-refractivity contribution in [3.63, 3.8) is 0 Å². The first-order valence-electron chi connectivity index (χ1n) is 6.83. The molecule has 3 nitrogen and oxygen atoms in total. The Hall–Kier alpha value is -0.120. The Bertz CT molecular complexity index is 190. The normalized spacial score (nSPS) is 24.8. The number of unbranched alkanes of at least 4 members (excludes halogenated alkanes) is 1. The van der Waals surface area contributed by atoms with Gasteiger partial charge in [-0.05, 0) is 19.3 Å². The lowest BCUT2D eigenvalue weighted by atomic mass is 9.91. The second-order valence-corrected chi connectivity index (χ2v) is 5.00. The molecule has 0 aromatic rings. The van der Waals surface area contributed by atoms with Gasteiger partial charge >= 0.3 is 0 Å². The molecule has 1 atom stereocenters. The predicted molar refractivity (Wildman–Crippen MR) is 64.7 cm³/mol. The smallest absolute Gasteiger partial charge is 0.0936 e. The first kappa shape index (κ1) is 12.3. The van der Waals surface area contributed by atoms with Gasteiger partial charge in [0, 0.05) is 25.7 Å². The molecule has 94 valence electrons. The first-order valence-corrected chi connectivity index (χ1v) is 6.83. The van der Waals surface area contributed by atoms with Crippen molar-refractivity contribution in [3.8, 4) is 0 Å². The fourth-order valence-electron chi connectivity index (χ4n) is 2.14. The molecule has 1 saturated carbocycles. The molecule has 2 aliphatic rings. The minimum atomic E-state index is 0.524. The standard InChI is InChI=1S/C13H25NO2/c1-2-3-8-15-9-7-14(10-13-11-16-13)12-5-4-6-12/h12-13H,2-11H2,1H3. The molecule has 0 radical (unpaired) electrons. The average molecular weight is 227 g/mol. The van der Waals surface area contributed by atoms with Gasteiger partial charge in [-0.25, -0.2) is 0 Å². The zero-order chi connectivity index (χ0) is 11.2. The summed E-state index contributed by atoms with van der Waals surface area (Å²) in [5.74, 6) is 0. The number of nitrogens with zero attached hydrogens (tertiary/aromatic N) is 1. The molecule has 0 amide bonds. The molecule has 2 rings (SSSR count). The van der Waals surface area contributed by atoms with Crippen molar-refractivity contribution in [1.29, 1.82) is 0 Å². The van der Waals surface area contributed by atoms with Crippen LogP contribution in [0.5, 0.6) is 0 Å². The van der Waals surface area contributed by atoms with E-state index in [1.807, 2.05) is 0 Å². The van der Waals surface area contributed by atoms with Crippen LogP contribution in [0.3, 0.4) is 0 Å². The van der Waals surface area contributed by atoms with Gasteiger partial charge in [-0.15, -0.1) is 0 Å². The summed E-state index contributed by atoms with van der Waals surface area (Å²) in [5, 5.41) is 0. The summed E-state index contributed by atoms with van der Waals surface area (Å²) < 4.78 is 11.0. The Morgan fingerprint density at radius 3 is 2.69 bits per heavy atom. The van der Waals surface area contributed by atoms with E-state index >= 15 is 0 Å². The SMILES string of the molecule is CCCCOCCN(CC1CO1)C1CCC1. The van der Waals surface area contributed by atoms with Crippen LogP contribution in [0.1, 0.15) is 39.0 Å². The van der Waals surface area contributed by atoms with E-state index in [-0.39, 0.29) is 0 Å². The van der Waals surface area contributed by atoms with Crippen molar-refractivity contribution in [1.82, 2.24) is 4.90 Å². The summed E-state index contributed by atoms with van der Waals surface area (Å²) in [5.41, 5.74) is 0. The molecule has 1 unspecified atom stereocenters. The third-order valence-corrected chi connectivity index (χ3v) is 3.60. The summed E-state index contributed by atoms with van der Waals surface area (Å²) in [6.45, 7) is 7.21. The third kappa shape index (κ3) is 4.04. The van der Waals surface area contributed by atoms with Crippen LogP contribution < -0.4 is 0 Å². The van der Waals surface area contributed by atoms with Crippen LogP contribution in [0.25, 0.3) is 0 Å². The van der Waals surface area contributed by atoms with Crippen molar-refractivity contribution in [2.75, 3.05) is 32.9 Å². The molecule has 2 fully saturated rings. The van der Waals surface area contributed by atoms with E-state index in [4.69, 9.17) is 9.47 Å². The second-order valence-electron chi connectivity index (χ2n) is 5.00. The highest BCUT2D eigenvalue weighted by Gasteiger charge is 2.31. The lowest BCUT2D eigenvalue weighted by Crippen LogP contribution is -2.44. The molecule has 1 saturated heterocycles. The minimum Gasteiger partial charge on any atom is -0.380 e. The van der Waals surface area contributed by atoms with Crippen molar-refractivity contribution in [3.05, 3.63) is 0 Å². The first-order chi connectivity index (χ1) is 7.90. The second kappa shape index (κ2) is 6.58. The Morgan fingerprint density at radius 1 is 1.31 bits per heavy atom. The lowest BCUT2D eigenvalue weighted by Gasteiger charge is -2.37. The molecule has 1 aliphatic heterocycles. The molecular formula is C13H25NO2. The summed E-state index contributed by atoms with van der Waals surface area (Å²) in [6, 6.07) is 0.818. The number of rotatable bonds is 9. The van der Waals surface area contributed by atoms with Crippen LogP contribution in [0.15, 0.2) is 0 Å². The van der Waals surface area contributed by atoms with Gasteiger partial charge in [0.25, 0.3) is 0 Å². The molecule has 1 heterocycles. The summed E-state index contributed by atoms with van der Waals surface area (Å²) in [7, 11) is 0. The molecule has 0 aromatic carbocycles. The largest absolute Gasteiger partial charge is 0.380 e. The average Bonchev–Trinajstić information content (AvgIpc) is 2.98. The number of hydrogen-bond acceptors (Lipinski definition) is 3. The quantitative estimate of drug-likeness (QED) is 0.445. The Kier molecular flexibility index (Phi) is 5.07. The third-order valence-electron chi connectivity index (χ3n) is 3.60. The maximum Gasteiger partial charge on any atom is 0.0936 e. The van der Waals surface area contributed by atoms with E-state index in [9.17, 15) is 0 Å². The van der Waals surface area contributed by atoms with E-state index < -0.39 is 0 Å². The summed E-state index contributed by atoms with van der Waals surface area (Å²) in [4.78, 5) is 2.58. The Balaban J connectivity index is 1.57. The van der Waals surface area contributed by atoms with E-state index in [1.165, 1.54) is 32.1 Å². The zero-order valence-corrected chi connectivity index (χ0v) is 10.5. The van der Waals surface area contributed by atoms with Crippen molar-refractivity contribution < 1.29 is 9.47 Å². The van der Waals surface area contributed by atoms with E-state index in [2.05, 4.69) is 11.8 Å². The molecule has 0 bridgehead atoms. The molecule has 0 N–H and O–H groups in total. The van der Waals surface area contributed by atoms with Crippen LogP contribution in [0.2, 0.25) is 0 Å². The van der Waals surface area contributed by atoms with Crippen LogP contribution in [0, 0.1) is 0 Å². The van der Waals surface area contributed by atoms with Crippen LogP contribution in [0.4, 0.5) is 0 Å². The molecule has 1 aliphatic carbocycles. The van der Waals surface area contributed by atoms with E-state index in [0.717, 1.165) is 39.0 Å². The molecule has 3 heteroatoms. The predicted octanol–water partition coefficient (Wildman–Crippen LogP) is 2.06. The topological polar surface area (TPSA) is 25.0 Å². The van der Waals surface area contributed by atoms with Crippen molar-refractivity contribution >= 4 is 0 Å². The maximum atomic E-state index is 5.64. The van der Waals surface area contributed by atoms with Gasteiger partial charge in [0.1, 0.15) is 0 Å². The highest BCUT2D eigenvalue weighted by atomic mass is 16.6.